The van der Waals surface area contributed by atoms with Crippen LogP contribution in [0.25, 0.3) is 33.2 Å². The van der Waals surface area contributed by atoms with Crippen molar-refractivity contribution in [3.05, 3.63) is 119 Å². The summed E-state index contributed by atoms with van der Waals surface area (Å²) in [5.41, 5.74) is 4.35. The number of amides is 1. The van der Waals surface area contributed by atoms with E-state index in [1.807, 2.05) is 54.6 Å². The van der Waals surface area contributed by atoms with Crippen LogP contribution in [0.4, 0.5) is 11.5 Å². The largest absolute Gasteiger partial charge is 0.322 e. The zero-order chi connectivity index (χ0) is 27.7. The molecule has 0 unspecified atom stereocenters. The molecular weight excluding hydrogens is 590 g/mol. The van der Waals surface area contributed by atoms with E-state index in [4.69, 9.17) is 4.98 Å². The van der Waals surface area contributed by atoms with Gasteiger partial charge in [0.1, 0.15) is 0 Å². The Balaban J connectivity index is 1.25. The normalized spacial score (nSPS) is 11.4. The summed E-state index contributed by atoms with van der Waals surface area (Å²) in [6.07, 6.45) is 1.37. The molecule has 196 valence electrons. The highest BCUT2D eigenvalue weighted by atomic mass is 79.9. The fourth-order valence-corrected chi connectivity index (χ4v) is 5.66. The van der Waals surface area contributed by atoms with Gasteiger partial charge in [0.2, 0.25) is 0 Å². The maximum absolute atomic E-state index is 13.4. The Morgan fingerprint density at radius 3 is 2.25 bits per heavy atom. The summed E-state index contributed by atoms with van der Waals surface area (Å²) >= 11 is 3.49. The number of nitrogens with zero attached hydrogens (tertiary/aromatic N) is 3. The molecule has 0 atom stereocenters. The first kappa shape index (κ1) is 25.6. The van der Waals surface area contributed by atoms with Crippen LogP contribution in [0.5, 0.6) is 0 Å². The van der Waals surface area contributed by atoms with E-state index in [1.165, 1.54) is 30.5 Å². The molecule has 0 aliphatic carbocycles. The number of carbonyl (C=O) groups is 1. The van der Waals surface area contributed by atoms with E-state index >= 15 is 0 Å². The van der Waals surface area contributed by atoms with Gasteiger partial charge in [-0.3, -0.25) is 14.5 Å². The molecule has 1 amide bonds. The number of fused-ring (bicyclic) bond motifs is 2. The molecule has 2 heterocycles. The second kappa shape index (κ2) is 10.5. The van der Waals surface area contributed by atoms with Gasteiger partial charge in [-0.05, 0) is 60.7 Å². The lowest BCUT2D eigenvalue weighted by Gasteiger charge is -2.12. The molecule has 0 saturated heterocycles. The number of pyridine rings is 1. The molecule has 8 nitrogen and oxygen atoms in total. The van der Waals surface area contributed by atoms with Crippen molar-refractivity contribution >= 4 is 65.3 Å². The number of carbonyl (C=O) groups excluding carboxylic acids is 1. The zero-order valence-corrected chi connectivity index (χ0v) is 23.1. The Morgan fingerprint density at radius 1 is 0.750 bits per heavy atom. The fraction of sp³-hybridized carbons (Fsp3) is 0. The smallest absolute Gasteiger partial charge is 0.263 e. The molecule has 4 aromatic carbocycles. The lowest BCUT2D eigenvalue weighted by molar-refractivity contribution is 0.102. The number of halogens is 1. The number of sulfonamides is 1. The molecule has 40 heavy (non-hydrogen) atoms. The third-order valence-electron chi connectivity index (χ3n) is 6.19. The van der Waals surface area contributed by atoms with Crippen molar-refractivity contribution in [1.82, 2.24) is 15.0 Å². The monoisotopic (exact) mass is 609 g/mol. The van der Waals surface area contributed by atoms with Gasteiger partial charge in [0.05, 0.1) is 38.9 Å². The van der Waals surface area contributed by atoms with Gasteiger partial charge >= 0.3 is 0 Å². The summed E-state index contributed by atoms with van der Waals surface area (Å²) in [4.78, 5) is 26.7. The molecule has 0 saturated carbocycles. The quantitative estimate of drug-likeness (QED) is 0.218. The highest BCUT2D eigenvalue weighted by molar-refractivity contribution is 9.10. The Kier molecular flexibility index (Phi) is 6.71. The van der Waals surface area contributed by atoms with Crippen LogP contribution in [0, 0.1) is 0 Å². The van der Waals surface area contributed by atoms with Gasteiger partial charge < -0.3 is 5.32 Å². The minimum atomic E-state index is -3.93. The molecule has 0 radical (unpaired) electrons. The maximum atomic E-state index is 13.4. The van der Waals surface area contributed by atoms with Crippen LogP contribution in [0.2, 0.25) is 0 Å². The average molecular weight is 610 g/mol. The van der Waals surface area contributed by atoms with Gasteiger partial charge in [-0.15, -0.1) is 0 Å². The van der Waals surface area contributed by atoms with Gasteiger partial charge in [0.25, 0.3) is 15.9 Å². The molecule has 0 bridgehead atoms. The van der Waals surface area contributed by atoms with Gasteiger partial charge in [0.15, 0.2) is 5.82 Å². The summed E-state index contributed by atoms with van der Waals surface area (Å²) in [6, 6.07) is 30.0. The van der Waals surface area contributed by atoms with Gasteiger partial charge in [-0.2, -0.15) is 0 Å². The number of nitrogens with one attached hydrogen (secondary N) is 2. The predicted octanol–water partition coefficient (Wildman–Crippen LogP) is 6.66. The first-order valence-electron chi connectivity index (χ1n) is 12.2. The van der Waals surface area contributed by atoms with Crippen LogP contribution in [-0.2, 0) is 10.0 Å². The summed E-state index contributed by atoms with van der Waals surface area (Å²) in [5.74, 6) is -0.225. The minimum absolute atomic E-state index is 0.0201. The van der Waals surface area contributed by atoms with Crippen LogP contribution in [-0.4, -0.2) is 29.3 Å². The van der Waals surface area contributed by atoms with E-state index < -0.39 is 10.0 Å². The third kappa shape index (κ3) is 5.27. The molecule has 0 aliphatic heterocycles. The molecule has 0 fully saturated rings. The van der Waals surface area contributed by atoms with Crippen molar-refractivity contribution in [3.63, 3.8) is 0 Å². The van der Waals surface area contributed by atoms with Gasteiger partial charge in [-0.1, -0.05) is 58.4 Å². The number of benzene rings is 4. The van der Waals surface area contributed by atoms with Crippen LogP contribution in [0.1, 0.15) is 10.4 Å². The molecule has 2 aromatic heterocycles. The Morgan fingerprint density at radius 2 is 1.48 bits per heavy atom. The first-order valence-corrected chi connectivity index (χ1v) is 14.5. The Bertz CT molecular complexity index is 2010. The lowest BCUT2D eigenvalue weighted by atomic mass is 10.0. The maximum Gasteiger partial charge on any atom is 0.263 e. The highest BCUT2D eigenvalue weighted by Crippen LogP contribution is 2.28. The average Bonchev–Trinajstić information content (AvgIpc) is 2.96. The predicted molar refractivity (Wildman–Crippen MR) is 160 cm³/mol. The van der Waals surface area contributed by atoms with Crippen molar-refractivity contribution in [2.75, 3.05) is 10.0 Å². The van der Waals surface area contributed by atoms with Crippen LogP contribution in [0.3, 0.4) is 0 Å². The second-order valence-corrected chi connectivity index (χ2v) is 11.5. The zero-order valence-electron chi connectivity index (χ0n) is 20.7. The summed E-state index contributed by atoms with van der Waals surface area (Å²) in [6.45, 7) is 0. The SMILES string of the molecule is O=C(Nc1ccc(S(=O)(=O)Nc2cnc3ccccc3n2)cc1)c1cc(-c2cccc(Br)c2)nc2ccccc12. The number of hydrogen-bond donors (Lipinski definition) is 2. The summed E-state index contributed by atoms with van der Waals surface area (Å²) < 4.78 is 29.3. The molecule has 2 N–H and O–H groups in total. The summed E-state index contributed by atoms with van der Waals surface area (Å²) in [7, 11) is -3.93. The van der Waals surface area contributed by atoms with E-state index in [0.29, 0.717) is 38.9 Å². The number of anilines is 2. The Hall–Kier alpha value is -4.67. The summed E-state index contributed by atoms with van der Waals surface area (Å²) in [5, 5.41) is 3.58. The third-order valence-corrected chi connectivity index (χ3v) is 8.06. The van der Waals surface area contributed by atoms with Crippen LogP contribution < -0.4 is 10.0 Å². The molecule has 0 aliphatic rings. The minimum Gasteiger partial charge on any atom is -0.322 e. The number of hydrogen-bond acceptors (Lipinski definition) is 6. The lowest BCUT2D eigenvalue weighted by Crippen LogP contribution is -2.15. The van der Waals surface area contributed by atoms with E-state index in [-0.39, 0.29) is 16.6 Å². The second-order valence-electron chi connectivity index (χ2n) is 8.91. The molecular formula is C30H20BrN5O3S. The molecule has 6 rings (SSSR count). The van der Waals surface area contributed by atoms with Crippen LogP contribution >= 0.6 is 15.9 Å². The number of rotatable bonds is 6. The van der Waals surface area contributed by atoms with E-state index in [1.54, 1.807) is 24.3 Å². The standard InChI is InChI=1S/C30H20BrN5O3S/c31-20-7-5-6-19(16-20)28-17-24(23-8-1-2-9-25(23)34-28)30(37)33-21-12-14-22(15-13-21)40(38,39)36-29-18-32-26-10-3-4-11-27(26)35-29/h1-18H,(H,33,37)(H,35,36). The highest BCUT2D eigenvalue weighted by Gasteiger charge is 2.17. The number of aromatic nitrogens is 3. The van der Waals surface area contributed by atoms with Gasteiger partial charge in [-0.25, -0.2) is 18.4 Å². The van der Waals surface area contributed by atoms with E-state index in [9.17, 15) is 13.2 Å². The van der Waals surface area contributed by atoms with Gasteiger partial charge in [0, 0.05) is 21.1 Å². The molecule has 10 heteroatoms. The molecule has 6 aromatic rings. The van der Waals surface area contributed by atoms with Crippen molar-refractivity contribution in [2.24, 2.45) is 0 Å². The fourth-order valence-electron chi connectivity index (χ4n) is 4.28. The van der Waals surface area contributed by atoms with Crippen molar-refractivity contribution in [1.29, 1.82) is 0 Å². The first-order chi connectivity index (χ1) is 19.4. The molecule has 0 spiro atoms. The van der Waals surface area contributed by atoms with E-state index in [2.05, 4.69) is 35.9 Å². The number of para-hydroxylation sites is 3. The topological polar surface area (TPSA) is 114 Å². The Labute approximate surface area is 238 Å². The van der Waals surface area contributed by atoms with Crippen molar-refractivity contribution < 1.29 is 13.2 Å². The van der Waals surface area contributed by atoms with Crippen molar-refractivity contribution in [2.45, 2.75) is 4.90 Å². The van der Waals surface area contributed by atoms with E-state index in [0.717, 1.165) is 10.0 Å². The van der Waals surface area contributed by atoms with Crippen molar-refractivity contribution in [3.8, 4) is 11.3 Å². The van der Waals surface area contributed by atoms with Crippen LogP contribution in [0.15, 0.2) is 119 Å².